The quantitative estimate of drug-likeness (QED) is 0.850. The van der Waals surface area contributed by atoms with E-state index in [1.54, 1.807) is 4.90 Å². The number of hydrogen-bond acceptors (Lipinski definition) is 3. The minimum atomic E-state index is -4.47. The fourth-order valence-corrected chi connectivity index (χ4v) is 3.97. The topological polar surface area (TPSA) is 61.8 Å². The first-order valence-corrected chi connectivity index (χ1v) is 8.75. The van der Waals surface area contributed by atoms with Crippen molar-refractivity contribution in [2.45, 2.75) is 38.0 Å². The molecule has 1 fully saturated rings. The van der Waals surface area contributed by atoms with Gasteiger partial charge in [-0.15, -0.1) is 4.40 Å². The third kappa shape index (κ3) is 3.50. The summed E-state index contributed by atoms with van der Waals surface area (Å²) >= 11 is 0. The molecule has 2 heterocycles. The minimum Gasteiger partial charge on any atom is -0.339 e. The molecule has 3 rings (SSSR count). The molecule has 0 aliphatic carbocycles. The van der Waals surface area contributed by atoms with Gasteiger partial charge in [-0.3, -0.25) is 0 Å². The number of halogens is 3. The molecule has 1 N–H and O–H groups in total. The number of nitrogens with zero attached hydrogens (tertiary/aromatic N) is 2. The van der Waals surface area contributed by atoms with Crippen molar-refractivity contribution in [3.05, 3.63) is 35.4 Å². The summed E-state index contributed by atoms with van der Waals surface area (Å²) in [6.45, 7) is 0.558. The van der Waals surface area contributed by atoms with Crippen LogP contribution in [0.5, 0.6) is 0 Å². The van der Waals surface area contributed by atoms with Crippen molar-refractivity contribution in [1.29, 1.82) is 0 Å². The van der Waals surface area contributed by atoms with Gasteiger partial charge in [-0.05, 0) is 30.5 Å². The Labute approximate surface area is 132 Å². The first kappa shape index (κ1) is 16.3. The van der Waals surface area contributed by atoms with Gasteiger partial charge in [-0.1, -0.05) is 18.6 Å². The number of alkyl halides is 3. The monoisotopic (exact) mass is 347 g/mol. The van der Waals surface area contributed by atoms with Crippen LogP contribution in [-0.2, 0) is 16.4 Å². The Bertz CT molecular complexity index is 731. The average Bonchev–Trinajstić information content (AvgIpc) is 2.70. The highest BCUT2D eigenvalue weighted by Gasteiger charge is 2.36. The number of fused-ring (bicyclic) bond motifs is 1. The standard InChI is InChI=1S/C14H16F3N3O2S/c15-14(16,17)11-6-4-5-10(9-11)13-19-23(21,22)18-12-7-2-1-3-8-20(12)13/h4-6,9,13,19H,1-3,7-8H2/t13-/m0/s1. The van der Waals surface area contributed by atoms with E-state index >= 15 is 0 Å². The van der Waals surface area contributed by atoms with Crippen molar-refractivity contribution in [2.24, 2.45) is 4.40 Å². The molecule has 1 aromatic rings. The van der Waals surface area contributed by atoms with Gasteiger partial charge in [0.25, 0.3) is 0 Å². The molecule has 5 nitrogen and oxygen atoms in total. The van der Waals surface area contributed by atoms with Crippen LogP contribution in [0.2, 0.25) is 0 Å². The van der Waals surface area contributed by atoms with E-state index in [2.05, 4.69) is 9.12 Å². The fraction of sp³-hybridized carbons (Fsp3) is 0.500. The Hall–Kier alpha value is -1.61. The van der Waals surface area contributed by atoms with E-state index in [1.807, 2.05) is 0 Å². The van der Waals surface area contributed by atoms with Crippen LogP contribution >= 0.6 is 0 Å². The van der Waals surface area contributed by atoms with Gasteiger partial charge in [0.15, 0.2) is 0 Å². The highest BCUT2D eigenvalue weighted by molar-refractivity contribution is 7.88. The van der Waals surface area contributed by atoms with E-state index in [-0.39, 0.29) is 5.56 Å². The molecule has 1 aromatic carbocycles. The zero-order valence-electron chi connectivity index (χ0n) is 12.2. The summed E-state index contributed by atoms with van der Waals surface area (Å²) in [5.41, 5.74) is -0.536. The molecular weight excluding hydrogens is 331 g/mol. The van der Waals surface area contributed by atoms with E-state index in [4.69, 9.17) is 0 Å². The number of amidine groups is 1. The summed E-state index contributed by atoms with van der Waals surface area (Å²) < 4.78 is 68.7. The lowest BCUT2D eigenvalue weighted by atomic mass is 10.1. The van der Waals surface area contributed by atoms with Gasteiger partial charge in [0.1, 0.15) is 12.0 Å². The summed E-state index contributed by atoms with van der Waals surface area (Å²) in [5, 5.41) is 0. The molecular formula is C14H16F3N3O2S. The lowest BCUT2D eigenvalue weighted by Gasteiger charge is -2.36. The molecule has 9 heteroatoms. The van der Waals surface area contributed by atoms with Gasteiger partial charge in [-0.2, -0.15) is 26.3 Å². The Morgan fingerprint density at radius 2 is 2.00 bits per heavy atom. The molecule has 0 amide bonds. The van der Waals surface area contributed by atoms with E-state index in [0.29, 0.717) is 18.8 Å². The van der Waals surface area contributed by atoms with Gasteiger partial charge in [0.2, 0.25) is 0 Å². The third-order valence-corrected chi connectivity index (χ3v) is 4.93. The first-order chi connectivity index (χ1) is 10.8. The summed E-state index contributed by atoms with van der Waals surface area (Å²) in [6.07, 6.45) is -2.22. The second-order valence-corrected chi connectivity index (χ2v) is 7.00. The van der Waals surface area contributed by atoms with Crippen molar-refractivity contribution in [3.8, 4) is 0 Å². The molecule has 23 heavy (non-hydrogen) atoms. The van der Waals surface area contributed by atoms with Crippen molar-refractivity contribution in [3.63, 3.8) is 0 Å². The van der Waals surface area contributed by atoms with Crippen LogP contribution in [0.1, 0.15) is 43.0 Å². The largest absolute Gasteiger partial charge is 0.416 e. The molecule has 0 spiro atoms. The van der Waals surface area contributed by atoms with Gasteiger partial charge < -0.3 is 4.90 Å². The Balaban J connectivity index is 2.03. The predicted molar refractivity (Wildman–Crippen MR) is 78.8 cm³/mol. The van der Waals surface area contributed by atoms with Crippen LogP contribution in [0.4, 0.5) is 13.2 Å². The van der Waals surface area contributed by atoms with Gasteiger partial charge in [0.05, 0.1) is 5.56 Å². The molecule has 2 aliphatic rings. The third-order valence-electron chi connectivity index (χ3n) is 3.96. The van der Waals surface area contributed by atoms with E-state index in [9.17, 15) is 21.6 Å². The van der Waals surface area contributed by atoms with Gasteiger partial charge in [0, 0.05) is 13.0 Å². The molecule has 126 valence electrons. The minimum absolute atomic E-state index is 0.262. The fourth-order valence-electron chi connectivity index (χ4n) is 2.89. The van der Waals surface area contributed by atoms with Gasteiger partial charge >= 0.3 is 16.4 Å². The second-order valence-electron chi connectivity index (χ2n) is 5.63. The summed E-state index contributed by atoms with van der Waals surface area (Å²) in [7, 11) is -3.90. The van der Waals surface area contributed by atoms with E-state index in [0.717, 1.165) is 31.4 Å². The summed E-state index contributed by atoms with van der Waals surface area (Å²) in [5.74, 6) is 0.420. The number of hydrogen-bond donors (Lipinski definition) is 1. The Morgan fingerprint density at radius 3 is 2.74 bits per heavy atom. The van der Waals surface area contributed by atoms with Crippen molar-refractivity contribution in [1.82, 2.24) is 9.62 Å². The Kier molecular flexibility index (Phi) is 4.09. The lowest BCUT2D eigenvalue weighted by Crippen LogP contribution is -2.48. The van der Waals surface area contributed by atoms with Crippen LogP contribution in [-0.4, -0.2) is 25.7 Å². The lowest BCUT2D eigenvalue weighted by molar-refractivity contribution is -0.137. The van der Waals surface area contributed by atoms with Crippen LogP contribution in [0.25, 0.3) is 0 Å². The molecule has 1 saturated heterocycles. The molecule has 1 atom stereocenters. The van der Waals surface area contributed by atoms with Crippen molar-refractivity contribution in [2.75, 3.05) is 6.54 Å². The van der Waals surface area contributed by atoms with Crippen molar-refractivity contribution < 1.29 is 21.6 Å². The van der Waals surface area contributed by atoms with Gasteiger partial charge in [-0.25, -0.2) is 0 Å². The van der Waals surface area contributed by atoms with Crippen LogP contribution in [0.15, 0.2) is 28.7 Å². The number of nitrogens with one attached hydrogen (secondary N) is 1. The predicted octanol–water partition coefficient (Wildman–Crippen LogP) is 2.83. The molecule has 0 radical (unpaired) electrons. The van der Waals surface area contributed by atoms with Crippen LogP contribution in [0, 0.1) is 0 Å². The van der Waals surface area contributed by atoms with E-state index < -0.39 is 28.1 Å². The highest BCUT2D eigenvalue weighted by Crippen LogP contribution is 2.33. The maximum absolute atomic E-state index is 12.9. The Morgan fingerprint density at radius 1 is 1.22 bits per heavy atom. The first-order valence-electron chi connectivity index (χ1n) is 7.31. The number of benzene rings is 1. The molecule has 0 bridgehead atoms. The molecule has 0 aromatic heterocycles. The molecule has 2 aliphatic heterocycles. The van der Waals surface area contributed by atoms with Crippen LogP contribution < -0.4 is 4.72 Å². The zero-order valence-corrected chi connectivity index (χ0v) is 13.0. The smallest absolute Gasteiger partial charge is 0.339 e. The SMILES string of the molecule is O=S1(=O)N=C2CCCCCN2[C@@H](c2cccc(C(F)(F)F)c2)N1. The maximum Gasteiger partial charge on any atom is 0.416 e. The number of rotatable bonds is 1. The van der Waals surface area contributed by atoms with Crippen LogP contribution in [0.3, 0.4) is 0 Å². The highest BCUT2D eigenvalue weighted by atomic mass is 32.2. The van der Waals surface area contributed by atoms with E-state index in [1.165, 1.54) is 12.1 Å². The maximum atomic E-state index is 12.9. The molecule has 0 saturated carbocycles. The second kappa shape index (κ2) is 5.79. The molecule has 0 unspecified atom stereocenters. The average molecular weight is 347 g/mol. The summed E-state index contributed by atoms with van der Waals surface area (Å²) in [4.78, 5) is 1.75. The summed E-state index contributed by atoms with van der Waals surface area (Å²) in [6, 6.07) is 4.74. The zero-order chi connectivity index (χ0) is 16.7. The normalized spacial score (nSPS) is 24.6. The van der Waals surface area contributed by atoms with Crippen molar-refractivity contribution >= 4 is 16.0 Å².